The van der Waals surface area contributed by atoms with Crippen LogP contribution in [-0.4, -0.2) is 44.8 Å². The molecule has 3 aromatic heterocycles. The maximum absolute atomic E-state index is 15.1. The van der Waals surface area contributed by atoms with Crippen LogP contribution in [0.15, 0.2) is 47.2 Å². The first-order valence-corrected chi connectivity index (χ1v) is 10.3. The monoisotopic (exact) mass is 435 g/mol. The number of halogens is 1. The number of carbonyl (C=O) groups is 1. The summed E-state index contributed by atoms with van der Waals surface area (Å²) in [6, 6.07) is 4.92. The number of hydrogen-bond acceptors (Lipinski definition) is 7. The van der Waals surface area contributed by atoms with Gasteiger partial charge in [0, 0.05) is 42.3 Å². The first kappa shape index (κ1) is 18.9. The zero-order valence-corrected chi connectivity index (χ0v) is 16.8. The lowest BCUT2D eigenvalue weighted by Gasteiger charge is -2.20. The number of hydrogen-bond donors (Lipinski definition) is 2. The Morgan fingerprint density at radius 3 is 2.91 bits per heavy atom. The van der Waals surface area contributed by atoms with E-state index in [9.17, 15) is 14.7 Å². The molecule has 0 amide bonds. The van der Waals surface area contributed by atoms with Gasteiger partial charge in [-0.3, -0.25) is 20.1 Å². The highest BCUT2D eigenvalue weighted by Gasteiger charge is 2.38. The second-order valence-corrected chi connectivity index (χ2v) is 8.21. The molecule has 162 valence electrons. The molecule has 9 nitrogen and oxygen atoms in total. The van der Waals surface area contributed by atoms with Gasteiger partial charge in [-0.25, -0.2) is 14.2 Å². The van der Waals surface area contributed by atoms with Crippen LogP contribution in [0.25, 0.3) is 16.7 Å². The normalized spacial score (nSPS) is 20.0. The number of anilines is 1. The zero-order chi connectivity index (χ0) is 22.0. The van der Waals surface area contributed by atoms with E-state index in [0.29, 0.717) is 18.7 Å². The highest BCUT2D eigenvalue weighted by molar-refractivity contribution is 5.92. The molecule has 1 saturated carbocycles. The number of nitrogens with one attached hydrogen (secondary N) is 1. The van der Waals surface area contributed by atoms with Crippen LogP contribution >= 0.6 is 0 Å². The Morgan fingerprint density at radius 1 is 1.34 bits per heavy atom. The van der Waals surface area contributed by atoms with E-state index in [1.54, 1.807) is 21.9 Å². The Morgan fingerprint density at radius 2 is 2.19 bits per heavy atom. The van der Waals surface area contributed by atoms with Gasteiger partial charge in [-0.2, -0.15) is 0 Å². The van der Waals surface area contributed by atoms with Crippen molar-refractivity contribution in [3.63, 3.8) is 0 Å². The van der Waals surface area contributed by atoms with Gasteiger partial charge in [-0.05, 0) is 31.0 Å². The van der Waals surface area contributed by atoms with Gasteiger partial charge in [-0.15, -0.1) is 0 Å². The van der Waals surface area contributed by atoms with Gasteiger partial charge in [-0.1, -0.05) is 0 Å². The minimum absolute atomic E-state index is 0.0226. The molecule has 0 radical (unpaired) electrons. The molecule has 10 heteroatoms. The van der Waals surface area contributed by atoms with Crippen molar-refractivity contribution in [2.75, 3.05) is 18.0 Å². The maximum atomic E-state index is 15.1. The highest BCUT2D eigenvalue weighted by atomic mass is 19.1. The molecule has 5 heterocycles. The largest absolute Gasteiger partial charge is 0.477 e. The predicted octanol–water partition coefficient (Wildman–Crippen LogP) is 2.10. The maximum Gasteiger partial charge on any atom is 0.341 e. The van der Waals surface area contributed by atoms with Gasteiger partial charge in [0.1, 0.15) is 17.3 Å². The van der Waals surface area contributed by atoms with Gasteiger partial charge >= 0.3 is 5.97 Å². The molecular formula is C22H18FN5O4. The standard InChI is InChI=1S/C22H18FN5O4/c23-16-6-13-19(29)15(22(30)31)9-28(12-3-4-12)20(13)25-21(16)27-8-14-17(10-27)32-26-18(14)11-2-1-5-24-7-11/h1-2,5-7,9,12,17,26H,3-4,8,10H2,(H,30,31). The van der Waals surface area contributed by atoms with Crippen LogP contribution < -0.4 is 15.8 Å². The average molecular weight is 435 g/mol. The number of hydroxylamine groups is 1. The Bertz CT molecular complexity index is 1370. The molecule has 1 saturated heterocycles. The van der Waals surface area contributed by atoms with E-state index in [1.165, 1.54) is 6.20 Å². The number of aromatic nitrogens is 3. The summed E-state index contributed by atoms with van der Waals surface area (Å²) in [5.74, 6) is -1.89. The lowest BCUT2D eigenvalue weighted by atomic mass is 10.1. The van der Waals surface area contributed by atoms with Crippen molar-refractivity contribution in [3.8, 4) is 0 Å². The molecule has 0 aromatic carbocycles. The Hall–Kier alpha value is -3.79. The van der Waals surface area contributed by atoms with E-state index in [1.807, 2.05) is 12.1 Å². The molecule has 0 spiro atoms. The first-order chi connectivity index (χ1) is 15.5. The van der Waals surface area contributed by atoms with Crippen LogP contribution in [0.5, 0.6) is 0 Å². The van der Waals surface area contributed by atoms with Crippen LogP contribution in [0.4, 0.5) is 10.2 Å². The second kappa shape index (κ2) is 6.86. The Balaban J connectivity index is 1.45. The minimum Gasteiger partial charge on any atom is -0.477 e. The van der Waals surface area contributed by atoms with Crippen molar-refractivity contribution in [2.24, 2.45) is 0 Å². The third kappa shape index (κ3) is 2.87. The fraction of sp³-hybridized carbons (Fsp3) is 0.273. The molecular weight excluding hydrogens is 417 g/mol. The first-order valence-electron chi connectivity index (χ1n) is 10.3. The topological polar surface area (TPSA) is 110 Å². The average Bonchev–Trinajstić information content (AvgIpc) is 3.42. The summed E-state index contributed by atoms with van der Waals surface area (Å²) in [6.45, 7) is 0.792. The van der Waals surface area contributed by atoms with Crippen LogP contribution in [0, 0.1) is 5.82 Å². The van der Waals surface area contributed by atoms with E-state index in [2.05, 4.69) is 15.4 Å². The summed E-state index contributed by atoms with van der Waals surface area (Å²) >= 11 is 0. The SMILES string of the molecule is O=C(O)c1cn(C2CC2)c2nc(N3CC4=C(c5cccnc5)NOC4C3)c(F)cc2c1=O. The fourth-order valence-electron chi connectivity index (χ4n) is 4.39. The number of carboxylic acids is 1. The molecule has 2 N–H and O–H groups in total. The van der Waals surface area contributed by atoms with Gasteiger partial charge in [0.25, 0.3) is 0 Å². The second-order valence-electron chi connectivity index (χ2n) is 8.21. The van der Waals surface area contributed by atoms with Crippen LogP contribution in [0.1, 0.15) is 34.8 Å². The number of nitrogens with zero attached hydrogens (tertiary/aromatic N) is 4. The van der Waals surface area contributed by atoms with Gasteiger partial charge in [0.15, 0.2) is 11.6 Å². The van der Waals surface area contributed by atoms with Crippen molar-refractivity contribution in [2.45, 2.75) is 25.0 Å². The summed E-state index contributed by atoms with van der Waals surface area (Å²) in [5, 5.41) is 9.37. The summed E-state index contributed by atoms with van der Waals surface area (Å²) in [7, 11) is 0. The van der Waals surface area contributed by atoms with E-state index in [0.717, 1.165) is 35.7 Å². The third-order valence-electron chi connectivity index (χ3n) is 6.12. The number of rotatable bonds is 4. The minimum atomic E-state index is -1.33. The lowest BCUT2D eigenvalue weighted by molar-refractivity contribution is 0.0578. The zero-order valence-electron chi connectivity index (χ0n) is 16.8. The van der Waals surface area contributed by atoms with Gasteiger partial charge < -0.3 is 14.6 Å². The van der Waals surface area contributed by atoms with Crippen molar-refractivity contribution in [3.05, 3.63) is 69.5 Å². The highest BCUT2D eigenvalue weighted by Crippen LogP contribution is 2.38. The molecule has 32 heavy (non-hydrogen) atoms. The number of pyridine rings is 3. The van der Waals surface area contributed by atoms with E-state index >= 15 is 4.39 Å². The lowest BCUT2D eigenvalue weighted by Crippen LogP contribution is -2.27. The molecule has 2 fully saturated rings. The number of fused-ring (bicyclic) bond motifs is 2. The Labute approximate surface area is 180 Å². The van der Waals surface area contributed by atoms with E-state index in [-0.39, 0.29) is 28.9 Å². The third-order valence-corrected chi connectivity index (χ3v) is 6.12. The predicted molar refractivity (Wildman–Crippen MR) is 113 cm³/mol. The van der Waals surface area contributed by atoms with Crippen molar-refractivity contribution < 1.29 is 19.1 Å². The van der Waals surface area contributed by atoms with Crippen molar-refractivity contribution >= 4 is 28.5 Å². The van der Waals surface area contributed by atoms with Gasteiger partial charge in [0.05, 0.1) is 17.6 Å². The molecule has 2 aliphatic heterocycles. The van der Waals surface area contributed by atoms with Crippen molar-refractivity contribution in [1.82, 2.24) is 20.0 Å². The van der Waals surface area contributed by atoms with Crippen LogP contribution in [0.3, 0.4) is 0 Å². The molecule has 1 atom stereocenters. The summed E-state index contributed by atoms with van der Waals surface area (Å²) in [6.07, 6.45) is 6.20. The van der Waals surface area contributed by atoms with E-state index in [4.69, 9.17) is 4.84 Å². The number of aromatic carboxylic acids is 1. The Kier molecular flexibility index (Phi) is 4.06. The van der Waals surface area contributed by atoms with Crippen LogP contribution in [0.2, 0.25) is 0 Å². The summed E-state index contributed by atoms with van der Waals surface area (Å²) < 4.78 is 16.8. The molecule has 1 unspecified atom stereocenters. The smallest absolute Gasteiger partial charge is 0.341 e. The summed E-state index contributed by atoms with van der Waals surface area (Å²) in [5.41, 5.74) is 4.81. The van der Waals surface area contributed by atoms with Crippen LogP contribution in [-0.2, 0) is 4.84 Å². The molecule has 6 rings (SSSR count). The molecule has 3 aliphatic rings. The fourth-order valence-corrected chi connectivity index (χ4v) is 4.39. The van der Waals surface area contributed by atoms with Crippen molar-refractivity contribution in [1.29, 1.82) is 0 Å². The number of carboxylic acid groups (broad SMARTS) is 1. The molecule has 0 bridgehead atoms. The molecule has 3 aromatic rings. The quantitative estimate of drug-likeness (QED) is 0.641. The van der Waals surface area contributed by atoms with E-state index < -0.39 is 17.2 Å². The summed E-state index contributed by atoms with van der Waals surface area (Å²) in [4.78, 5) is 40.3. The molecule has 1 aliphatic carbocycles. The van der Waals surface area contributed by atoms with Gasteiger partial charge in [0.2, 0.25) is 5.43 Å².